The molecule has 1 N–H and O–H groups in total. The average Bonchev–Trinajstić information content (AvgIpc) is 2.27. The quantitative estimate of drug-likeness (QED) is 0.890. The van der Waals surface area contributed by atoms with E-state index in [1.807, 2.05) is 13.2 Å². The highest BCUT2D eigenvalue weighted by Crippen LogP contribution is 2.16. The normalized spacial score (nSPS) is 14.9. The van der Waals surface area contributed by atoms with E-state index in [-0.39, 0.29) is 0 Å². The number of rotatable bonds is 5. The molecule has 3 heteroatoms. The summed E-state index contributed by atoms with van der Waals surface area (Å²) in [6.45, 7) is 4.46. The lowest BCUT2D eigenvalue weighted by Gasteiger charge is -2.21. The molecule has 0 amide bonds. The SMILES string of the molecule is CCC(Cc1ccc(Br)cn1)C(C)NC. The molecule has 0 fully saturated rings. The Morgan fingerprint density at radius 2 is 2.20 bits per heavy atom. The summed E-state index contributed by atoms with van der Waals surface area (Å²) in [5, 5.41) is 3.31. The Hall–Kier alpha value is -0.410. The zero-order chi connectivity index (χ0) is 11.3. The van der Waals surface area contributed by atoms with Gasteiger partial charge in [0.05, 0.1) is 0 Å². The molecule has 1 heterocycles. The van der Waals surface area contributed by atoms with E-state index < -0.39 is 0 Å². The molecule has 15 heavy (non-hydrogen) atoms. The minimum Gasteiger partial charge on any atom is -0.317 e. The summed E-state index contributed by atoms with van der Waals surface area (Å²) in [6.07, 6.45) is 4.09. The first-order chi connectivity index (χ1) is 7.17. The predicted octanol–water partition coefficient (Wildman–Crippen LogP) is 3.02. The van der Waals surface area contributed by atoms with E-state index in [2.05, 4.69) is 52.2 Å². The highest BCUT2D eigenvalue weighted by molar-refractivity contribution is 9.10. The minimum absolute atomic E-state index is 0.542. The van der Waals surface area contributed by atoms with Crippen LogP contribution in [-0.4, -0.2) is 18.1 Å². The fraction of sp³-hybridized carbons (Fsp3) is 0.583. The van der Waals surface area contributed by atoms with Crippen LogP contribution in [-0.2, 0) is 6.42 Å². The summed E-state index contributed by atoms with van der Waals surface area (Å²) in [4.78, 5) is 4.41. The van der Waals surface area contributed by atoms with Gasteiger partial charge in [0.2, 0.25) is 0 Å². The minimum atomic E-state index is 0.542. The molecule has 2 unspecified atom stereocenters. The van der Waals surface area contributed by atoms with Crippen LogP contribution in [0.3, 0.4) is 0 Å². The second-order valence-corrected chi connectivity index (χ2v) is 4.83. The molecule has 0 aromatic carbocycles. The van der Waals surface area contributed by atoms with Crippen LogP contribution in [0.25, 0.3) is 0 Å². The van der Waals surface area contributed by atoms with Gasteiger partial charge in [0.25, 0.3) is 0 Å². The zero-order valence-corrected chi connectivity index (χ0v) is 11.2. The van der Waals surface area contributed by atoms with Crippen molar-refractivity contribution in [2.75, 3.05) is 7.05 Å². The zero-order valence-electron chi connectivity index (χ0n) is 9.63. The average molecular weight is 271 g/mol. The highest BCUT2D eigenvalue weighted by Gasteiger charge is 2.14. The first-order valence-corrected chi connectivity index (χ1v) is 6.24. The summed E-state index contributed by atoms with van der Waals surface area (Å²) in [6, 6.07) is 4.69. The lowest BCUT2D eigenvalue weighted by molar-refractivity contribution is 0.378. The van der Waals surface area contributed by atoms with Crippen molar-refractivity contribution in [1.29, 1.82) is 0 Å². The second-order valence-electron chi connectivity index (χ2n) is 3.92. The number of hydrogen-bond acceptors (Lipinski definition) is 2. The van der Waals surface area contributed by atoms with Crippen LogP contribution in [0, 0.1) is 5.92 Å². The van der Waals surface area contributed by atoms with Gasteiger partial charge in [-0.15, -0.1) is 0 Å². The van der Waals surface area contributed by atoms with Gasteiger partial charge in [0, 0.05) is 22.4 Å². The largest absolute Gasteiger partial charge is 0.317 e. The van der Waals surface area contributed by atoms with E-state index >= 15 is 0 Å². The van der Waals surface area contributed by atoms with Crippen molar-refractivity contribution in [2.24, 2.45) is 5.92 Å². The second kappa shape index (κ2) is 6.23. The van der Waals surface area contributed by atoms with Crippen molar-refractivity contribution >= 4 is 15.9 Å². The van der Waals surface area contributed by atoms with Gasteiger partial charge in [-0.3, -0.25) is 4.98 Å². The third-order valence-corrected chi connectivity index (χ3v) is 3.42. The molecule has 1 aromatic heterocycles. The van der Waals surface area contributed by atoms with E-state index in [4.69, 9.17) is 0 Å². The van der Waals surface area contributed by atoms with Gasteiger partial charge >= 0.3 is 0 Å². The first-order valence-electron chi connectivity index (χ1n) is 5.45. The molecule has 1 rings (SSSR count). The van der Waals surface area contributed by atoms with Crippen LogP contribution in [0.4, 0.5) is 0 Å². The molecule has 0 aliphatic heterocycles. The smallest absolute Gasteiger partial charge is 0.0413 e. The van der Waals surface area contributed by atoms with E-state index in [1.54, 1.807) is 0 Å². The van der Waals surface area contributed by atoms with Crippen LogP contribution < -0.4 is 5.32 Å². The summed E-state index contributed by atoms with van der Waals surface area (Å²) >= 11 is 3.40. The van der Waals surface area contributed by atoms with Gasteiger partial charge in [-0.05, 0) is 54.4 Å². The Labute approximate surface area is 101 Å². The molecule has 1 aromatic rings. The van der Waals surface area contributed by atoms with Gasteiger partial charge in [-0.1, -0.05) is 13.3 Å². The number of halogens is 1. The maximum atomic E-state index is 4.41. The maximum absolute atomic E-state index is 4.41. The van der Waals surface area contributed by atoms with E-state index in [0.717, 1.165) is 10.9 Å². The molecular formula is C12H19BrN2. The van der Waals surface area contributed by atoms with Crippen LogP contribution in [0.5, 0.6) is 0 Å². The Kier molecular flexibility index (Phi) is 5.26. The van der Waals surface area contributed by atoms with E-state index in [9.17, 15) is 0 Å². The monoisotopic (exact) mass is 270 g/mol. The number of pyridine rings is 1. The fourth-order valence-electron chi connectivity index (χ4n) is 1.71. The highest BCUT2D eigenvalue weighted by atomic mass is 79.9. The molecule has 0 bridgehead atoms. The van der Waals surface area contributed by atoms with Crippen molar-refractivity contribution in [3.05, 3.63) is 28.5 Å². The number of hydrogen-bond donors (Lipinski definition) is 1. The Morgan fingerprint density at radius 3 is 2.67 bits per heavy atom. The Bertz CT molecular complexity index is 284. The number of nitrogens with zero attached hydrogens (tertiary/aromatic N) is 1. The van der Waals surface area contributed by atoms with Gasteiger partial charge in [0.15, 0.2) is 0 Å². The maximum Gasteiger partial charge on any atom is 0.0413 e. The lowest BCUT2D eigenvalue weighted by Crippen LogP contribution is -2.31. The van der Waals surface area contributed by atoms with Crippen molar-refractivity contribution in [2.45, 2.75) is 32.7 Å². The molecule has 2 nitrogen and oxygen atoms in total. The standard InChI is InChI=1S/C12H19BrN2/c1-4-10(9(2)14-3)7-12-6-5-11(13)8-15-12/h5-6,8-10,14H,4,7H2,1-3H3. The molecule has 0 saturated heterocycles. The van der Waals surface area contributed by atoms with Crippen molar-refractivity contribution in [3.63, 3.8) is 0 Å². The fourth-order valence-corrected chi connectivity index (χ4v) is 1.94. The predicted molar refractivity (Wildman–Crippen MR) is 67.9 cm³/mol. The van der Waals surface area contributed by atoms with Crippen molar-refractivity contribution in [3.8, 4) is 0 Å². The summed E-state index contributed by atoms with van der Waals surface area (Å²) in [5.41, 5.74) is 1.17. The van der Waals surface area contributed by atoms with Crippen LogP contribution in [0.15, 0.2) is 22.8 Å². The van der Waals surface area contributed by atoms with Gasteiger partial charge < -0.3 is 5.32 Å². The summed E-state index contributed by atoms with van der Waals surface area (Å²) in [7, 11) is 2.02. The third-order valence-electron chi connectivity index (χ3n) is 2.95. The van der Waals surface area contributed by atoms with Gasteiger partial charge in [-0.2, -0.15) is 0 Å². The first kappa shape index (κ1) is 12.7. The van der Waals surface area contributed by atoms with Crippen LogP contribution in [0.1, 0.15) is 26.0 Å². The molecule has 0 aliphatic carbocycles. The van der Waals surface area contributed by atoms with Gasteiger partial charge in [-0.25, -0.2) is 0 Å². The Morgan fingerprint density at radius 1 is 1.47 bits per heavy atom. The summed E-state index contributed by atoms with van der Waals surface area (Å²) < 4.78 is 1.04. The molecule has 0 aliphatic rings. The third kappa shape index (κ3) is 3.92. The van der Waals surface area contributed by atoms with E-state index in [1.165, 1.54) is 12.1 Å². The molecule has 2 atom stereocenters. The van der Waals surface area contributed by atoms with Crippen LogP contribution >= 0.6 is 15.9 Å². The molecule has 0 radical (unpaired) electrons. The number of aromatic nitrogens is 1. The lowest BCUT2D eigenvalue weighted by atomic mass is 9.93. The van der Waals surface area contributed by atoms with E-state index in [0.29, 0.717) is 12.0 Å². The van der Waals surface area contributed by atoms with Crippen molar-refractivity contribution < 1.29 is 0 Å². The van der Waals surface area contributed by atoms with Crippen LogP contribution in [0.2, 0.25) is 0 Å². The number of nitrogens with one attached hydrogen (secondary N) is 1. The van der Waals surface area contributed by atoms with Crippen molar-refractivity contribution in [1.82, 2.24) is 10.3 Å². The topological polar surface area (TPSA) is 24.9 Å². The molecule has 0 saturated carbocycles. The molecule has 0 spiro atoms. The molecular weight excluding hydrogens is 252 g/mol. The van der Waals surface area contributed by atoms with Gasteiger partial charge in [0.1, 0.15) is 0 Å². The summed E-state index contributed by atoms with van der Waals surface area (Å²) in [5.74, 6) is 0.656. The molecule has 84 valence electrons. The Balaban J connectivity index is 2.62.